The molecule has 19 heavy (non-hydrogen) atoms. The van der Waals surface area contributed by atoms with Crippen molar-refractivity contribution < 1.29 is 5.21 Å². The molecule has 0 saturated carbocycles. The second-order valence-corrected chi connectivity index (χ2v) is 5.81. The lowest BCUT2D eigenvalue weighted by Gasteiger charge is -2.39. The molecule has 0 amide bonds. The van der Waals surface area contributed by atoms with E-state index < -0.39 is 0 Å². The number of thioether (sulfide) groups is 1. The highest BCUT2D eigenvalue weighted by Crippen LogP contribution is 2.35. The number of amidine groups is 1. The highest BCUT2D eigenvalue weighted by molar-refractivity contribution is 8.00. The summed E-state index contributed by atoms with van der Waals surface area (Å²) in [5.41, 5.74) is 5.83. The first-order valence-corrected chi connectivity index (χ1v) is 7.44. The van der Waals surface area contributed by atoms with Crippen LogP contribution in [0, 0.1) is 0 Å². The minimum atomic E-state index is -0.233. The minimum absolute atomic E-state index is 0.233. The van der Waals surface area contributed by atoms with Crippen LogP contribution >= 0.6 is 11.8 Å². The van der Waals surface area contributed by atoms with Crippen LogP contribution in [0.1, 0.15) is 18.7 Å². The SMILES string of the molecule is CSC1(C(N)=NO)CCN(Cc2ncccn2)CC1. The van der Waals surface area contributed by atoms with Crippen LogP contribution in [0.4, 0.5) is 0 Å². The highest BCUT2D eigenvalue weighted by Gasteiger charge is 2.38. The van der Waals surface area contributed by atoms with Gasteiger partial charge in [0.05, 0.1) is 11.3 Å². The Hall–Kier alpha value is -1.34. The van der Waals surface area contributed by atoms with Crippen molar-refractivity contribution in [2.24, 2.45) is 10.9 Å². The molecule has 0 spiro atoms. The van der Waals surface area contributed by atoms with E-state index in [1.807, 2.05) is 12.3 Å². The molecule has 0 aromatic carbocycles. The van der Waals surface area contributed by atoms with Gasteiger partial charge < -0.3 is 10.9 Å². The lowest BCUT2D eigenvalue weighted by Crippen LogP contribution is -2.50. The van der Waals surface area contributed by atoms with Gasteiger partial charge in [-0.2, -0.15) is 11.8 Å². The lowest BCUT2D eigenvalue weighted by atomic mass is 9.94. The van der Waals surface area contributed by atoms with E-state index in [9.17, 15) is 0 Å². The third-order valence-electron chi connectivity index (χ3n) is 3.61. The predicted molar refractivity (Wildman–Crippen MR) is 76.2 cm³/mol. The monoisotopic (exact) mass is 281 g/mol. The maximum atomic E-state index is 8.90. The maximum Gasteiger partial charge on any atom is 0.155 e. The molecule has 1 aliphatic rings. The first kappa shape index (κ1) is 14.1. The van der Waals surface area contributed by atoms with Gasteiger partial charge in [-0.25, -0.2) is 9.97 Å². The highest BCUT2D eigenvalue weighted by atomic mass is 32.2. The van der Waals surface area contributed by atoms with Gasteiger partial charge in [0.15, 0.2) is 5.84 Å². The van der Waals surface area contributed by atoms with Crippen molar-refractivity contribution in [3.63, 3.8) is 0 Å². The molecule has 1 aliphatic heterocycles. The van der Waals surface area contributed by atoms with Crippen molar-refractivity contribution >= 4 is 17.6 Å². The zero-order chi connectivity index (χ0) is 13.7. The molecular weight excluding hydrogens is 262 g/mol. The van der Waals surface area contributed by atoms with Crippen LogP contribution in [0.15, 0.2) is 23.6 Å². The molecule has 0 unspecified atom stereocenters. The molecule has 1 aromatic heterocycles. The third-order valence-corrected chi connectivity index (χ3v) is 5.01. The summed E-state index contributed by atoms with van der Waals surface area (Å²) in [5.74, 6) is 1.17. The molecule has 104 valence electrons. The Morgan fingerprint density at radius 1 is 1.47 bits per heavy atom. The first-order chi connectivity index (χ1) is 9.20. The molecule has 1 saturated heterocycles. The summed E-state index contributed by atoms with van der Waals surface area (Å²) in [5, 5.41) is 12.1. The number of nitrogens with two attached hydrogens (primary N) is 1. The van der Waals surface area contributed by atoms with Gasteiger partial charge in [0, 0.05) is 25.5 Å². The Morgan fingerprint density at radius 3 is 2.63 bits per heavy atom. The second kappa shape index (κ2) is 6.21. The molecule has 0 bridgehead atoms. The van der Waals surface area contributed by atoms with Crippen LogP contribution in [0.3, 0.4) is 0 Å². The van der Waals surface area contributed by atoms with Crippen molar-refractivity contribution in [3.05, 3.63) is 24.3 Å². The molecule has 3 N–H and O–H groups in total. The summed E-state index contributed by atoms with van der Waals surface area (Å²) in [6, 6.07) is 1.82. The molecule has 0 radical (unpaired) electrons. The van der Waals surface area contributed by atoms with Crippen molar-refractivity contribution in [2.45, 2.75) is 24.1 Å². The van der Waals surface area contributed by atoms with Crippen molar-refractivity contribution in [1.82, 2.24) is 14.9 Å². The molecule has 2 rings (SSSR count). The van der Waals surface area contributed by atoms with Gasteiger partial charge in [-0.3, -0.25) is 4.90 Å². The van der Waals surface area contributed by atoms with E-state index >= 15 is 0 Å². The Kier molecular flexibility index (Phi) is 4.60. The molecule has 0 aliphatic carbocycles. The summed E-state index contributed by atoms with van der Waals surface area (Å²) in [4.78, 5) is 10.8. The maximum absolute atomic E-state index is 8.90. The normalized spacial score (nSPS) is 20.4. The fourth-order valence-corrected chi connectivity index (χ4v) is 3.18. The van der Waals surface area contributed by atoms with Gasteiger partial charge >= 0.3 is 0 Å². The summed E-state index contributed by atoms with van der Waals surface area (Å²) < 4.78 is -0.233. The topological polar surface area (TPSA) is 87.6 Å². The van der Waals surface area contributed by atoms with Gasteiger partial charge in [0.1, 0.15) is 5.82 Å². The predicted octanol–water partition coefficient (Wildman–Crippen LogP) is 0.921. The Morgan fingerprint density at radius 2 is 2.11 bits per heavy atom. The Labute approximate surface area is 117 Å². The van der Waals surface area contributed by atoms with Crippen LogP contribution in [0.2, 0.25) is 0 Å². The second-order valence-electron chi connectivity index (χ2n) is 4.62. The first-order valence-electron chi connectivity index (χ1n) is 6.21. The number of hydrogen-bond donors (Lipinski definition) is 2. The number of oxime groups is 1. The average molecular weight is 281 g/mol. The van der Waals surface area contributed by atoms with Crippen LogP contribution in [-0.2, 0) is 6.54 Å². The number of nitrogens with zero attached hydrogens (tertiary/aromatic N) is 4. The number of aromatic nitrogens is 2. The van der Waals surface area contributed by atoms with Crippen LogP contribution in [0.5, 0.6) is 0 Å². The molecule has 6 nitrogen and oxygen atoms in total. The van der Waals surface area contributed by atoms with E-state index in [4.69, 9.17) is 10.9 Å². The molecule has 1 fully saturated rings. The largest absolute Gasteiger partial charge is 0.409 e. The van der Waals surface area contributed by atoms with E-state index in [1.54, 1.807) is 24.2 Å². The quantitative estimate of drug-likeness (QED) is 0.369. The number of likely N-dealkylation sites (tertiary alicyclic amines) is 1. The Bertz CT molecular complexity index is 431. The fraction of sp³-hybridized carbons (Fsp3) is 0.583. The van der Waals surface area contributed by atoms with Crippen LogP contribution in [-0.4, -0.2) is 50.0 Å². The third kappa shape index (κ3) is 3.16. The van der Waals surface area contributed by atoms with E-state index in [-0.39, 0.29) is 4.75 Å². The molecular formula is C12H19N5OS. The molecule has 1 aromatic rings. The summed E-state index contributed by atoms with van der Waals surface area (Å²) >= 11 is 1.66. The van der Waals surface area contributed by atoms with Gasteiger partial charge in [0.2, 0.25) is 0 Å². The number of rotatable bonds is 4. The number of hydrogen-bond acceptors (Lipinski definition) is 6. The summed E-state index contributed by atoms with van der Waals surface area (Å²) in [7, 11) is 0. The lowest BCUT2D eigenvalue weighted by molar-refractivity contribution is 0.205. The zero-order valence-electron chi connectivity index (χ0n) is 11.0. The van der Waals surface area contributed by atoms with Gasteiger partial charge in [-0.05, 0) is 25.2 Å². The minimum Gasteiger partial charge on any atom is -0.409 e. The molecule has 0 atom stereocenters. The van der Waals surface area contributed by atoms with E-state index in [0.29, 0.717) is 5.84 Å². The van der Waals surface area contributed by atoms with Gasteiger partial charge in [0.25, 0.3) is 0 Å². The van der Waals surface area contributed by atoms with Crippen molar-refractivity contribution in [3.8, 4) is 0 Å². The van der Waals surface area contributed by atoms with Crippen molar-refractivity contribution in [1.29, 1.82) is 0 Å². The van der Waals surface area contributed by atoms with Gasteiger partial charge in [-0.15, -0.1) is 0 Å². The van der Waals surface area contributed by atoms with Crippen LogP contribution < -0.4 is 5.73 Å². The van der Waals surface area contributed by atoms with Crippen molar-refractivity contribution in [2.75, 3.05) is 19.3 Å². The summed E-state index contributed by atoms with van der Waals surface area (Å²) in [6.45, 7) is 2.55. The van der Waals surface area contributed by atoms with E-state index in [1.165, 1.54) is 0 Å². The smallest absolute Gasteiger partial charge is 0.155 e. The van der Waals surface area contributed by atoms with Gasteiger partial charge in [-0.1, -0.05) is 5.16 Å². The Balaban J connectivity index is 1.95. The zero-order valence-corrected chi connectivity index (χ0v) is 11.8. The van der Waals surface area contributed by atoms with E-state index in [0.717, 1.165) is 38.3 Å². The average Bonchev–Trinajstić information content (AvgIpc) is 2.48. The molecule has 7 heteroatoms. The number of piperidine rings is 1. The summed E-state index contributed by atoms with van der Waals surface area (Å²) in [6.07, 6.45) is 7.27. The standard InChI is InChI=1S/C12H19N5OS/c1-19-12(11(13)16-18)3-7-17(8-4-12)9-10-14-5-2-6-15-10/h2,5-6,18H,3-4,7-9H2,1H3,(H2,13,16). The molecule has 2 heterocycles. The van der Waals surface area contributed by atoms with Crippen LogP contribution in [0.25, 0.3) is 0 Å². The fourth-order valence-electron chi connectivity index (χ4n) is 2.34. The van der Waals surface area contributed by atoms with E-state index in [2.05, 4.69) is 20.0 Å².